The lowest BCUT2D eigenvalue weighted by Crippen LogP contribution is -2.51. The van der Waals surface area contributed by atoms with Crippen molar-refractivity contribution in [1.82, 2.24) is 9.62 Å². The Bertz CT molecular complexity index is 1240. The van der Waals surface area contributed by atoms with E-state index >= 15 is 0 Å². The molecule has 1 aliphatic carbocycles. The lowest BCUT2D eigenvalue weighted by molar-refractivity contribution is 0.0458. The second-order valence-electron chi connectivity index (χ2n) is 11.6. The van der Waals surface area contributed by atoms with E-state index in [2.05, 4.69) is 5.32 Å². The first kappa shape index (κ1) is 32.2. The molecule has 2 fully saturated rings. The molecule has 4 rings (SSSR count). The molecule has 1 saturated heterocycles. The molecule has 1 aliphatic heterocycles. The molecule has 232 valence electrons. The van der Waals surface area contributed by atoms with Gasteiger partial charge in [0.25, 0.3) is 0 Å². The van der Waals surface area contributed by atoms with E-state index in [-0.39, 0.29) is 48.6 Å². The standard InChI is InChI=1S/C31H44N2O8S/c1-21(2)17-33(42(36,37)25-12-10-24(38-3)11-13-25)18-28(34)27(15-22-8-6-5-7-9-22)32-31(35)41-19-23-14-26-29(16-23)40-20-30(26)39-4/h5-13,21,23,26-30,34H,14-20H2,1-4H3,(H,32,35). The number of benzene rings is 2. The Morgan fingerprint density at radius 3 is 2.43 bits per heavy atom. The van der Waals surface area contributed by atoms with Crippen LogP contribution in [0.5, 0.6) is 5.75 Å². The number of aliphatic hydroxyl groups excluding tert-OH is 1. The number of rotatable bonds is 14. The van der Waals surface area contributed by atoms with Crippen LogP contribution in [0.3, 0.4) is 0 Å². The molecule has 10 nitrogen and oxygen atoms in total. The molecule has 1 amide bonds. The van der Waals surface area contributed by atoms with Crippen LogP contribution in [0.15, 0.2) is 59.5 Å². The molecule has 1 saturated carbocycles. The number of amides is 1. The Kier molecular flexibility index (Phi) is 11.2. The van der Waals surface area contributed by atoms with E-state index < -0.39 is 28.3 Å². The quantitative estimate of drug-likeness (QED) is 0.336. The van der Waals surface area contributed by atoms with Gasteiger partial charge in [-0.1, -0.05) is 44.2 Å². The van der Waals surface area contributed by atoms with Crippen LogP contribution < -0.4 is 10.1 Å². The highest BCUT2D eigenvalue weighted by Gasteiger charge is 2.45. The Morgan fingerprint density at radius 1 is 1.07 bits per heavy atom. The third-order valence-electron chi connectivity index (χ3n) is 8.08. The summed E-state index contributed by atoms with van der Waals surface area (Å²) in [4.78, 5) is 13.1. The van der Waals surface area contributed by atoms with Gasteiger partial charge < -0.3 is 29.4 Å². The van der Waals surface area contributed by atoms with Crippen molar-refractivity contribution in [3.05, 3.63) is 60.2 Å². The number of aliphatic hydroxyl groups is 1. The van der Waals surface area contributed by atoms with Crippen LogP contribution in [0.1, 0.15) is 32.3 Å². The summed E-state index contributed by atoms with van der Waals surface area (Å²) in [6.07, 6.45) is 0.310. The number of carbonyl (C=O) groups excluding carboxylic acids is 1. The number of fused-ring (bicyclic) bond motifs is 1. The minimum Gasteiger partial charge on any atom is -0.497 e. The number of nitrogens with zero attached hydrogens (tertiary/aromatic N) is 1. The van der Waals surface area contributed by atoms with Crippen LogP contribution in [0, 0.1) is 17.8 Å². The average molecular weight is 605 g/mol. The van der Waals surface area contributed by atoms with Gasteiger partial charge in [0.15, 0.2) is 0 Å². The Morgan fingerprint density at radius 2 is 1.79 bits per heavy atom. The molecule has 11 heteroatoms. The molecule has 2 aromatic rings. The Labute approximate surface area is 249 Å². The summed E-state index contributed by atoms with van der Waals surface area (Å²) < 4.78 is 50.7. The van der Waals surface area contributed by atoms with Gasteiger partial charge in [0.2, 0.25) is 10.0 Å². The first-order valence-corrected chi connectivity index (χ1v) is 16.0. The van der Waals surface area contributed by atoms with E-state index in [0.29, 0.717) is 24.7 Å². The largest absolute Gasteiger partial charge is 0.497 e. The molecule has 2 aromatic carbocycles. The summed E-state index contributed by atoms with van der Waals surface area (Å²) in [6.45, 7) is 4.65. The van der Waals surface area contributed by atoms with E-state index in [1.54, 1.807) is 19.2 Å². The predicted molar refractivity (Wildman–Crippen MR) is 158 cm³/mol. The number of hydrogen-bond donors (Lipinski definition) is 2. The Hall–Kier alpha value is -2.70. The van der Waals surface area contributed by atoms with Crippen molar-refractivity contribution >= 4 is 16.1 Å². The van der Waals surface area contributed by atoms with Crippen molar-refractivity contribution in [3.8, 4) is 5.75 Å². The minimum absolute atomic E-state index is 0.00307. The van der Waals surface area contributed by atoms with E-state index in [4.69, 9.17) is 18.9 Å². The summed E-state index contributed by atoms with van der Waals surface area (Å²) >= 11 is 0. The molecule has 0 bridgehead atoms. The first-order chi connectivity index (χ1) is 20.1. The number of ether oxygens (including phenoxy) is 4. The molecular weight excluding hydrogens is 560 g/mol. The van der Waals surface area contributed by atoms with Gasteiger partial charge in [0, 0.05) is 26.1 Å². The summed E-state index contributed by atoms with van der Waals surface area (Å²) in [5, 5.41) is 14.2. The smallest absolute Gasteiger partial charge is 0.407 e. The number of carbonyl (C=O) groups is 1. The number of hydrogen-bond acceptors (Lipinski definition) is 8. The van der Waals surface area contributed by atoms with Crippen LogP contribution in [0.4, 0.5) is 4.79 Å². The minimum atomic E-state index is -3.93. The highest BCUT2D eigenvalue weighted by molar-refractivity contribution is 7.89. The van der Waals surface area contributed by atoms with E-state index in [1.165, 1.54) is 23.5 Å². The zero-order valence-electron chi connectivity index (χ0n) is 24.8. The highest BCUT2D eigenvalue weighted by atomic mass is 32.2. The summed E-state index contributed by atoms with van der Waals surface area (Å²) in [7, 11) is -0.730. The fourth-order valence-corrected chi connectivity index (χ4v) is 7.51. The van der Waals surface area contributed by atoms with Gasteiger partial charge in [-0.15, -0.1) is 0 Å². The van der Waals surface area contributed by atoms with Crippen molar-refractivity contribution in [2.45, 2.75) is 62.4 Å². The van der Waals surface area contributed by atoms with Gasteiger partial charge in [0.05, 0.1) is 49.6 Å². The van der Waals surface area contributed by atoms with Gasteiger partial charge in [-0.2, -0.15) is 4.31 Å². The van der Waals surface area contributed by atoms with E-state index in [0.717, 1.165) is 18.4 Å². The fourth-order valence-electron chi connectivity index (χ4n) is 5.89. The van der Waals surface area contributed by atoms with Crippen LogP contribution >= 0.6 is 0 Å². The highest BCUT2D eigenvalue weighted by Crippen LogP contribution is 2.40. The number of alkyl carbamates (subject to hydrolysis) is 1. The topological polar surface area (TPSA) is 124 Å². The second kappa shape index (κ2) is 14.7. The van der Waals surface area contributed by atoms with Crippen LogP contribution in [0.25, 0.3) is 0 Å². The third-order valence-corrected chi connectivity index (χ3v) is 9.92. The van der Waals surface area contributed by atoms with E-state index in [9.17, 15) is 18.3 Å². The predicted octanol–water partition coefficient (Wildman–Crippen LogP) is 3.48. The zero-order chi connectivity index (χ0) is 30.3. The molecule has 2 aliphatic rings. The SMILES string of the molecule is COc1ccc(S(=O)(=O)N(CC(C)C)CC(O)C(Cc2ccccc2)NC(=O)OCC2CC3OCC(OC)C3C2)cc1. The van der Waals surface area contributed by atoms with Gasteiger partial charge in [-0.3, -0.25) is 0 Å². The fraction of sp³-hybridized carbons (Fsp3) is 0.581. The van der Waals surface area contributed by atoms with E-state index in [1.807, 2.05) is 44.2 Å². The monoisotopic (exact) mass is 604 g/mol. The lowest BCUT2D eigenvalue weighted by Gasteiger charge is -2.30. The normalized spacial score (nSPS) is 23.5. The van der Waals surface area contributed by atoms with Crippen LogP contribution in [-0.4, -0.2) is 88.8 Å². The molecule has 2 N–H and O–H groups in total. The molecule has 1 heterocycles. The maximum Gasteiger partial charge on any atom is 0.407 e. The molecule has 0 spiro atoms. The van der Waals surface area contributed by atoms with Crippen molar-refractivity contribution in [2.24, 2.45) is 17.8 Å². The maximum atomic E-state index is 13.6. The van der Waals surface area contributed by atoms with Crippen molar-refractivity contribution in [3.63, 3.8) is 0 Å². The molecule has 42 heavy (non-hydrogen) atoms. The van der Waals surface area contributed by atoms with Gasteiger partial charge in [0.1, 0.15) is 5.75 Å². The lowest BCUT2D eigenvalue weighted by atomic mass is 10.0. The van der Waals surface area contributed by atoms with Gasteiger partial charge in [-0.25, -0.2) is 13.2 Å². The summed E-state index contributed by atoms with van der Waals surface area (Å²) in [5.41, 5.74) is 0.890. The number of nitrogens with one attached hydrogen (secondary N) is 1. The molecular formula is C31H44N2O8S. The van der Waals surface area contributed by atoms with Crippen molar-refractivity contribution < 1.29 is 37.3 Å². The van der Waals surface area contributed by atoms with Crippen molar-refractivity contribution in [2.75, 3.05) is 40.5 Å². The number of methoxy groups -OCH3 is 2. The van der Waals surface area contributed by atoms with Gasteiger partial charge in [-0.05, 0) is 60.9 Å². The van der Waals surface area contributed by atoms with Crippen molar-refractivity contribution in [1.29, 1.82) is 0 Å². The maximum absolute atomic E-state index is 13.6. The second-order valence-corrected chi connectivity index (χ2v) is 13.6. The number of sulfonamides is 1. The average Bonchev–Trinajstić information content (AvgIpc) is 3.56. The molecule has 6 atom stereocenters. The molecule has 6 unspecified atom stereocenters. The Balaban J connectivity index is 1.44. The summed E-state index contributed by atoms with van der Waals surface area (Å²) in [5.74, 6) is 1.02. The molecule has 0 aromatic heterocycles. The van der Waals surface area contributed by atoms with Gasteiger partial charge >= 0.3 is 6.09 Å². The third kappa shape index (κ3) is 8.23. The molecule has 0 radical (unpaired) electrons. The first-order valence-electron chi connectivity index (χ1n) is 14.5. The van der Waals surface area contributed by atoms with Crippen LogP contribution in [-0.2, 0) is 30.7 Å². The van der Waals surface area contributed by atoms with Crippen LogP contribution in [0.2, 0.25) is 0 Å². The summed E-state index contributed by atoms with van der Waals surface area (Å²) in [6, 6.07) is 14.8. The zero-order valence-corrected chi connectivity index (χ0v) is 25.7.